The van der Waals surface area contributed by atoms with Gasteiger partial charge in [-0.15, -0.1) is 0 Å². The largest absolute Gasteiger partial charge is 0.385 e. The molecule has 0 aromatic heterocycles. The van der Waals surface area contributed by atoms with Gasteiger partial charge < -0.3 is 5.11 Å². The third kappa shape index (κ3) is 0.964. The minimum absolute atomic E-state index is 0.394. The zero-order valence-corrected chi connectivity index (χ0v) is 9.89. The molecule has 1 heteroatoms. The van der Waals surface area contributed by atoms with E-state index in [1.807, 2.05) is 0 Å². The molecule has 0 radical (unpaired) electrons. The molecule has 4 aliphatic carbocycles. The van der Waals surface area contributed by atoms with Crippen LogP contribution in [0.5, 0.6) is 0 Å². The van der Waals surface area contributed by atoms with Gasteiger partial charge in [-0.05, 0) is 74.5 Å². The lowest BCUT2D eigenvalue weighted by atomic mass is 9.71. The number of fused-ring (bicyclic) bond motifs is 4. The SMILES string of the molecule is OC12CCCC1=C1CCCC1=C1CCCC12. The molecule has 3 saturated carbocycles. The number of allylic oxidation sites excluding steroid dienone is 2. The van der Waals surface area contributed by atoms with Gasteiger partial charge in [0.1, 0.15) is 0 Å². The molecular formula is C15H20O. The van der Waals surface area contributed by atoms with Gasteiger partial charge in [-0.25, -0.2) is 0 Å². The lowest BCUT2D eigenvalue weighted by molar-refractivity contribution is 0.0366. The van der Waals surface area contributed by atoms with Crippen molar-refractivity contribution >= 4 is 0 Å². The molecule has 1 nitrogen and oxygen atoms in total. The van der Waals surface area contributed by atoms with Crippen LogP contribution in [0.3, 0.4) is 0 Å². The molecule has 2 unspecified atom stereocenters. The molecule has 0 saturated heterocycles. The van der Waals surface area contributed by atoms with Crippen molar-refractivity contribution in [3.8, 4) is 0 Å². The van der Waals surface area contributed by atoms with Gasteiger partial charge in [-0.1, -0.05) is 5.57 Å². The first kappa shape index (κ1) is 9.47. The van der Waals surface area contributed by atoms with E-state index in [0.717, 1.165) is 6.42 Å². The summed E-state index contributed by atoms with van der Waals surface area (Å²) in [5.74, 6) is 0.516. The average Bonchev–Trinajstić information content (AvgIpc) is 2.92. The molecule has 4 rings (SSSR count). The smallest absolute Gasteiger partial charge is 0.0927 e. The third-order valence-electron chi connectivity index (χ3n) is 5.41. The third-order valence-corrected chi connectivity index (χ3v) is 5.41. The van der Waals surface area contributed by atoms with Gasteiger partial charge >= 0.3 is 0 Å². The Balaban J connectivity index is 1.96. The lowest BCUT2D eigenvalue weighted by Crippen LogP contribution is -2.39. The Morgan fingerprint density at radius 1 is 0.938 bits per heavy atom. The molecule has 4 aliphatic rings. The van der Waals surface area contributed by atoms with Gasteiger partial charge in [0, 0.05) is 5.92 Å². The van der Waals surface area contributed by atoms with Crippen molar-refractivity contribution in [3.05, 3.63) is 22.3 Å². The van der Waals surface area contributed by atoms with E-state index in [1.165, 1.54) is 56.9 Å². The van der Waals surface area contributed by atoms with Gasteiger partial charge in [0.2, 0.25) is 0 Å². The fraction of sp³-hybridized carbons (Fsp3) is 0.733. The normalized spacial score (nSPS) is 41.4. The molecule has 0 aromatic carbocycles. The lowest BCUT2D eigenvalue weighted by Gasteiger charge is -2.38. The summed E-state index contributed by atoms with van der Waals surface area (Å²) in [5.41, 5.74) is 6.04. The Bertz CT molecular complexity index is 415. The quantitative estimate of drug-likeness (QED) is 0.657. The second-order valence-electron chi connectivity index (χ2n) is 6.04. The summed E-state index contributed by atoms with van der Waals surface area (Å²) in [6.45, 7) is 0. The number of hydrogen-bond acceptors (Lipinski definition) is 1. The van der Waals surface area contributed by atoms with E-state index >= 15 is 0 Å². The maximum Gasteiger partial charge on any atom is 0.0927 e. The highest BCUT2D eigenvalue weighted by Crippen LogP contribution is 2.58. The Labute approximate surface area is 97.2 Å². The van der Waals surface area contributed by atoms with Crippen LogP contribution in [0, 0.1) is 5.92 Å². The molecule has 0 amide bonds. The van der Waals surface area contributed by atoms with Crippen molar-refractivity contribution in [1.82, 2.24) is 0 Å². The molecule has 2 atom stereocenters. The minimum Gasteiger partial charge on any atom is -0.385 e. The second kappa shape index (κ2) is 3.01. The molecule has 0 bridgehead atoms. The van der Waals surface area contributed by atoms with Crippen molar-refractivity contribution in [3.63, 3.8) is 0 Å². The van der Waals surface area contributed by atoms with Crippen LogP contribution in [0.2, 0.25) is 0 Å². The van der Waals surface area contributed by atoms with E-state index in [-0.39, 0.29) is 0 Å². The molecule has 0 heterocycles. The molecule has 3 fully saturated rings. The summed E-state index contributed by atoms with van der Waals surface area (Å²) in [5, 5.41) is 11.0. The van der Waals surface area contributed by atoms with Crippen LogP contribution in [0.15, 0.2) is 22.3 Å². The van der Waals surface area contributed by atoms with E-state index in [9.17, 15) is 5.11 Å². The zero-order valence-electron chi connectivity index (χ0n) is 9.89. The standard InChI is InChI=1S/C15H20O/c16-15-9-3-8-14(15)11-5-1-4-10(11)12-6-2-7-13(12)15/h13,16H,1-9H2. The summed E-state index contributed by atoms with van der Waals surface area (Å²) >= 11 is 0. The van der Waals surface area contributed by atoms with Gasteiger partial charge in [0.15, 0.2) is 0 Å². The number of rotatable bonds is 0. The Kier molecular flexibility index (Phi) is 1.78. The van der Waals surface area contributed by atoms with Crippen molar-refractivity contribution < 1.29 is 5.11 Å². The number of aliphatic hydroxyl groups is 1. The van der Waals surface area contributed by atoms with Gasteiger partial charge in [0.05, 0.1) is 5.60 Å². The summed E-state index contributed by atoms with van der Waals surface area (Å²) < 4.78 is 0. The van der Waals surface area contributed by atoms with Crippen LogP contribution in [0.25, 0.3) is 0 Å². The second-order valence-corrected chi connectivity index (χ2v) is 6.04. The average molecular weight is 216 g/mol. The summed E-state index contributed by atoms with van der Waals surface area (Å²) in [6, 6.07) is 0. The van der Waals surface area contributed by atoms with E-state index < -0.39 is 5.60 Å². The van der Waals surface area contributed by atoms with Crippen LogP contribution >= 0.6 is 0 Å². The fourth-order valence-electron chi connectivity index (χ4n) is 4.86. The first-order valence-corrected chi connectivity index (χ1v) is 6.98. The number of hydrogen-bond donors (Lipinski definition) is 1. The summed E-state index contributed by atoms with van der Waals surface area (Å²) in [7, 11) is 0. The minimum atomic E-state index is -0.394. The Morgan fingerprint density at radius 3 is 2.75 bits per heavy atom. The van der Waals surface area contributed by atoms with Crippen molar-refractivity contribution in [1.29, 1.82) is 0 Å². The highest BCUT2D eigenvalue weighted by atomic mass is 16.3. The van der Waals surface area contributed by atoms with Crippen LogP contribution in [-0.4, -0.2) is 10.7 Å². The highest BCUT2D eigenvalue weighted by Gasteiger charge is 2.51. The molecule has 1 N–H and O–H groups in total. The molecule has 0 aliphatic heterocycles. The first-order chi connectivity index (χ1) is 7.81. The molecular weight excluding hydrogens is 196 g/mol. The molecule has 16 heavy (non-hydrogen) atoms. The van der Waals surface area contributed by atoms with E-state index in [1.54, 1.807) is 16.7 Å². The predicted octanol–water partition coefficient (Wildman–Crippen LogP) is 3.49. The molecule has 0 aromatic rings. The van der Waals surface area contributed by atoms with Crippen LogP contribution in [-0.2, 0) is 0 Å². The topological polar surface area (TPSA) is 20.2 Å². The zero-order chi connectivity index (χ0) is 10.8. The first-order valence-electron chi connectivity index (χ1n) is 6.98. The van der Waals surface area contributed by atoms with Crippen LogP contribution in [0.4, 0.5) is 0 Å². The van der Waals surface area contributed by atoms with Gasteiger partial charge in [-0.2, -0.15) is 0 Å². The van der Waals surface area contributed by atoms with Crippen molar-refractivity contribution in [2.24, 2.45) is 5.92 Å². The summed E-state index contributed by atoms with van der Waals surface area (Å²) in [6.07, 6.45) is 11.2. The Morgan fingerprint density at radius 2 is 1.81 bits per heavy atom. The molecule has 86 valence electrons. The van der Waals surface area contributed by atoms with Gasteiger partial charge in [0.25, 0.3) is 0 Å². The van der Waals surface area contributed by atoms with E-state index in [4.69, 9.17) is 0 Å². The Hall–Kier alpha value is -0.560. The maximum atomic E-state index is 11.0. The van der Waals surface area contributed by atoms with Crippen LogP contribution < -0.4 is 0 Å². The fourth-order valence-corrected chi connectivity index (χ4v) is 4.86. The monoisotopic (exact) mass is 216 g/mol. The van der Waals surface area contributed by atoms with Crippen molar-refractivity contribution in [2.75, 3.05) is 0 Å². The van der Waals surface area contributed by atoms with Crippen molar-refractivity contribution in [2.45, 2.75) is 63.4 Å². The van der Waals surface area contributed by atoms with Crippen LogP contribution in [0.1, 0.15) is 57.8 Å². The maximum absolute atomic E-state index is 11.0. The molecule has 0 spiro atoms. The van der Waals surface area contributed by atoms with Gasteiger partial charge in [-0.3, -0.25) is 0 Å². The van der Waals surface area contributed by atoms with E-state index in [0.29, 0.717) is 5.92 Å². The summed E-state index contributed by atoms with van der Waals surface area (Å²) in [4.78, 5) is 0. The predicted molar refractivity (Wildman–Crippen MR) is 64.0 cm³/mol. The highest BCUT2D eigenvalue weighted by molar-refractivity contribution is 5.53. The van der Waals surface area contributed by atoms with E-state index in [2.05, 4.69) is 0 Å².